The van der Waals surface area contributed by atoms with Crippen LogP contribution in [0.1, 0.15) is 23.1 Å². The Morgan fingerprint density at radius 1 is 1.00 bits per heavy atom. The topological polar surface area (TPSA) is 36.9 Å². The van der Waals surface area contributed by atoms with Crippen LogP contribution in [0.4, 0.5) is 9.05 Å². The van der Waals surface area contributed by atoms with Gasteiger partial charge in [0.15, 0.2) is 0 Å². The standard InChI is InChI=1S/C17H12F2O4/c1-10-11-4-2-3-5-14(11)20-16-12(10)6-7-15-13(16)8-9-17(21-15,22-18)23-19/h2-7H,1,8-9H2. The molecular formula is C17H12F2O4. The van der Waals surface area contributed by atoms with Crippen molar-refractivity contribution in [2.45, 2.75) is 18.8 Å². The van der Waals surface area contributed by atoms with Crippen molar-refractivity contribution in [2.75, 3.05) is 0 Å². The molecule has 23 heavy (non-hydrogen) atoms. The van der Waals surface area contributed by atoms with Crippen LogP contribution in [0.3, 0.4) is 0 Å². The van der Waals surface area contributed by atoms with Gasteiger partial charge in [-0.15, -0.1) is 9.88 Å². The minimum atomic E-state index is -2.36. The molecule has 2 aliphatic heterocycles. The second-order valence-electron chi connectivity index (χ2n) is 5.44. The van der Waals surface area contributed by atoms with E-state index in [0.29, 0.717) is 17.1 Å². The molecular weight excluding hydrogens is 306 g/mol. The van der Waals surface area contributed by atoms with Gasteiger partial charge in [-0.25, -0.2) is 0 Å². The second-order valence-corrected chi connectivity index (χ2v) is 5.44. The van der Waals surface area contributed by atoms with Gasteiger partial charge in [-0.05, 0) is 39.2 Å². The lowest BCUT2D eigenvalue weighted by Crippen LogP contribution is -2.41. The fourth-order valence-electron chi connectivity index (χ4n) is 2.97. The first-order chi connectivity index (χ1) is 11.2. The molecule has 0 atom stereocenters. The van der Waals surface area contributed by atoms with Crippen LogP contribution in [0.25, 0.3) is 5.57 Å². The van der Waals surface area contributed by atoms with E-state index >= 15 is 0 Å². The van der Waals surface area contributed by atoms with E-state index in [1.165, 1.54) is 0 Å². The molecule has 0 aliphatic carbocycles. The van der Waals surface area contributed by atoms with Crippen LogP contribution in [0, 0.1) is 0 Å². The van der Waals surface area contributed by atoms with E-state index in [1.54, 1.807) is 12.1 Å². The molecule has 0 aromatic heterocycles. The average molecular weight is 318 g/mol. The van der Waals surface area contributed by atoms with Crippen molar-refractivity contribution in [1.82, 2.24) is 0 Å². The molecule has 0 N–H and O–H groups in total. The molecule has 0 fully saturated rings. The van der Waals surface area contributed by atoms with E-state index in [4.69, 9.17) is 9.47 Å². The molecule has 118 valence electrons. The summed E-state index contributed by atoms with van der Waals surface area (Å²) in [5.41, 5.74) is 3.25. The molecule has 2 heterocycles. The fourth-order valence-corrected chi connectivity index (χ4v) is 2.97. The monoisotopic (exact) mass is 318 g/mol. The SMILES string of the molecule is C=C1c2ccccc2Oc2c1ccc1c2CCC(OF)(OF)O1. The zero-order valence-corrected chi connectivity index (χ0v) is 12.0. The Labute approximate surface area is 130 Å². The maximum absolute atomic E-state index is 12.6. The van der Waals surface area contributed by atoms with Crippen LogP contribution >= 0.6 is 0 Å². The number of hydrogen-bond acceptors (Lipinski definition) is 4. The maximum Gasteiger partial charge on any atom is 0.391 e. The van der Waals surface area contributed by atoms with Gasteiger partial charge >= 0.3 is 5.97 Å². The molecule has 2 aliphatic rings. The molecule has 0 unspecified atom stereocenters. The Kier molecular flexibility index (Phi) is 3.11. The molecule has 2 aromatic carbocycles. The highest BCUT2D eigenvalue weighted by Gasteiger charge is 2.44. The molecule has 0 amide bonds. The first kappa shape index (κ1) is 14.2. The summed E-state index contributed by atoms with van der Waals surface area (Å²) < 4.78 is 36.4. The minimum absolute atomic E-state index is 0.152. The molecule has 4 rings (SSSR count). The maximum atomic E-state index is 12.6. The van der Waals surface area contributed by atoms with E-state index in [2.05, 4.69) is 16.5 Å². The van der Waals surface area contributed by atoms with Crippen molar-refractivity contribution in [3.8, 4) is 17.2 Å². The highest BCUT2D eigenvalue weighted by atomic mass is 19.3. The lowest BCUT2D eigenvalue weighted by molar-refractivity contribution is -0.485. The Hall–Kier alpha value is -2.44. The number of rotatable bonds is 2. The summed E-state index contributed by atoms with van der Waals surface area (Å²) in [4.78, 5) is 7.06. The van der Waals surface area contributed by atoms with E-state index in [1.807, 2.05) is 24.3 Å². The Bertz CT molecular complexity index is 799. The van der Waals surface area contributed by atoms with Crippen LogP contribution in [0.2, 0.25) is 0 Å². The van der Waals surface area contributed by atoms with Gasteiger partial charge in [0.05, 0.1) is 6.42 Å². The Balaban J connectivity index is 1.81. The number of halogens is 2. The third-order valence-corrected chi connectivity index (χ3v) is 4.15. The molecule has 0 radical (unpaired) electrons. The van der Waals surface area contributed by atoms with Crippen molar-refractivity contribution in [2.24, 2.45) is 0 Å². The van der Waals surface area contributed by atoms with Crippen molar-refractivity contribution >= 4 is 5.57 Å². The number of ether oxygens (including phenoxy) is 2. The highest BCUT2D eigenvalue weighted by Crippen LogP contribution is 2.49. The summed E-state index contributed by atoms with van der Waals surface area (Å²) in [7, 11) is 0. The van der Waals surface area contributed by atoms with Gasteiger partial charge in [0.25, 0.3) is 0 Å². The summed E-state index contributed by atoms with van der Waals surface area (Å²) in [5.74, 6) is -0.848. The molecule has 0 saturated heterocycles. The molecule has 0 saturated carbocycles. The predicted molar refractivity (Wildman–Crippen MR) is 77.2 cm³/mol. The zero-order valence-electron chi connectivity index (χ0n) is 12.0. The molecule has 0 bridgehead atoms. The van der Waals surface area contributed by atoms with Gasteiger partial charge in [0.1, 0.15) is 17.2 Å². The average Bonchev–Trinajstić information content (AvgIpc) is 2.61. The summed E-state index contributed by atoms with van der Waals surface area (Å²) in [6, 6.07) is 10.9. The predicted octanol–water partition coefficient (Wildman–Crippen LogP) is 4.63. The molecule has 2 aromatic rings. The van der Waals surface area contributed by atoms with Crippen molar-refractivity contribution in [1.29, 1.82) is 0 Å². The molecule has 0 spiro atoms. The van der Waals surface area contributed by atoms with Crippen molar-refractivity contribution < 1.29 is 28.4 Å². The summed E-state index contributed by atoms with van der Waals surface area (Å²) in [6.07, 6.45) is 0.114. The van der Waals surface area contributed by atoms with Gasteiger partial charge in [-0.2, -0.15) is 0 Å². The van der Waals surface area contributed by atoms with Crippen LogP contribution in [-0.2, 0) is 16.3 Å². The number of para-hydroxylation sites is 1. The summed E-state index contributed by atoms with van der Waals surface area (Å²) in [5, 5.41) is 0. The van der Waals surface area contributed by atoms with E-state index in [0.717, 1.165) is 16.7 Å². The van der Waals surface area contributed by atoms with Crippen LogP contribution in [-0.4, -0.2) is 5.97 Å². The summed E-state index contributed by atoms with van der Waals surface area (Å²) in [6.45, 7) is 4.12. The number of hydrogen-bond donors (Lipinski definition) is 0. The largest absolute Gasteiger partial charge is 0.456 e. The van der Waals surface area contributed by atoms with E-state index in [9.17, 15) is 9.05 Å². The van der Waals surface area contributed by atoms with Gasteiger partial charge in [-0.3, -0.25) is 0 Å². The first-order valence-electron chi connectivity index (χ1n) is 7.08. The number of fused-ring (bicyclic) bond motifs is 4. The van der Waals surface area contributed by atoms with Gasteiger partial charge in [-0.1, -0.05) is 24.8 Å². The van der Waals surface area contributed by atoms with E-state index in [-0.39, 0.29) is 18.6 Å². The smallest absolute Gasteiger partial charge is 0.391 e. The molecule has 4 nitrogen and oxygen atoms in total. The van der Waals surface area contributed by atoms with Crippen LogP contribution < -0.4 is 9.47 Å². The number of benzene rings is 2. The van der Waals surface area contributed by atoms with Crippen molar-refractivity contribution in [3.63, 3.8) is 0 Å². The Morgan fingerprint density at radius 3 is 2.57 bits per heavy atom. The van der Waals surface area contributed by atoms with Crippen molar-refractivity contribution in [3.05, 3.63) is 59.7 Å². The lowest BCUT2D eigenvalue weighted by Gasteiger charge is -2.33. The highest BCUT2D eigenvalue weighted by molar-refractivity contribution is 5.87. The third-order valence-electron chi connectivity index (χ3n) is 4.15. The van der Waals surface area contributed by atoms with Gasteiger partial charge in [0, 0.05) is 16.7 Å². The second kappa shape index (κ2) is 5.04. The third kappa shape index (κ3) is 2.03. The van der Waals surface area contributed by atoms with E-state index < -0.39 is 5.97 Å². The van der Waals surface area contributed by atoms with Gasteiger partial charge in [0.2, 0.25) is 0 Å². The Morgan fingerprint density at radius 2 is 1.78 bits per heavy atom. The lowest BCUT2D eigenvalue weighted by atomic mass is 9.91. The van der Waals surface area contributed by atoms with Crippen LogP contribution in [0.15, 0.2) is 43.0 Å². The first-order valence-corrected chi connectivity index (χ1v) is 7.08. The zero-order chi connectivity index (χ0) is 16.0. The normalized spacial score (nSPS) is 17.4. The minimum Gasteiger partial charge on any atom is -0.456 e. The quantitative estimate of drug-likeness (QED) is 0.645. The molecule has 6 heteroatoms. The van der Waals surface area contributed by atoms with Gasteiger partial charge < -0.3 is 9.47 Å². The fraction of sp³-hybridized carbons (Fsp3) is 0.176. The summed E-state index contributed by atoms with van der Waals surface area (Å²) >= 11 is 0. The van der Waals surface area contributed by atoms with Crippen LogP contribution in [0.5, 0.6) is 17.2 Å².